The van der Waals surface area contributed by atoms with Gasteiger partial charge in [0.25, 0.3) is 5.69 Å². The lowest BCUT2D eigenvalue weighted by Crippen LogP contribution is -2.32. The van der Waals surface area contributed by atoms with E-state index in [-0.39, 0.29) is 22.4 Å². The Balaban J connectivity index is 1.22. The SMILES string of the molecule is O=C(Nc1cccc(C2CCN(Cc3c[nH]c4c([N+](=O)[O-])cccc34)CC2)c1)C1CC1. The average molecular weight is 418 g/mol. The number of H-pyrrole nitrogens is 1. The van der Waals surface area contributed by atoms with Crippen LogP contribution in [0.15, 0.2) is 48.7 Å². The number of carbonyl (C=O) groups excluding carboxylic acids is 1. The predicted octanol–water partition coefficient (Wildman–Crippen LogP) is 4.80. The summed E-state index contributed by atoms with van der Waals surface area (Å²) < 4.78 is 0. The van der Waals surface area contributed by atoms with E-state index in [1.54, 1.807) is 6.07 Å². The number of likely N-dealkylation sites (tertiary alicyclic amines) is 1. The molecule has 1 aliphatic carbocycles. The van der Waals surface area contributed by atoms with Crippen molar-refractivity contribution in [1.29, 1.82) is 0 Å². The van der Waals surface area contributed by atoms with Crippen molar-refractivity contribution in [2.45, 2.75) is 38.1 Å². The van der Waals surface area contributed by atoms with Gasteiger partial charge < -0.3 is 10.3 Å². The molecule has 0 bridgehead atoms. The Morgan fingerprint density at radius 2 is 1.90 bits per heavy atom. The number of nitrogens with zero attached hydrogens (tertiary/aromatic N) is 2. The van der Waals surface area contributed by atoms with Gasteiger partial charge in [0, 0.05) is 35.8 Å². The Hall–Kier alpha value is -3.19. The molecule has 0 unspecified atom stereocenters. The topological polar surface area (TPSA) is 91.3 Å². The van der Waals surface area contributed by atoms with E-state index in [2.05, 4.69) is 27.3 Å². The molecule has 0 atom stereocenters. The van der Waals surface area contributed by atoms with Gasteiger partial charge in [0.2, 0.25) is 5.91 Å². The average Bonchev–Trinajstić information content (AvgIpc) is 3.56. The molecule has 3 aromatic rings. The van der Waals surface area contributed by atoms with Crippen molar-refractivity contribution in [2.24, 2.45) is 5.92 Å². The summed E-state index contributed by atoms with van der Waals surface area (Å²) in [5.41, 5.74) is 4.01. The third-order valence-corrected chi connectivity index (χ3v) is 6.53. The van der Waals surface area contributed by atoms with E-state index in [0.29, 0.717) is 11.4 Å². The summed E-state index contributed by atoms with van der Waals surface area (Å²) in [5.74, 6) is 0.835. The van der Waals surface area contributed by atoms with E-state index in [9.17, 15) is 14.9 Å². The molecule has 1 aliphatic heterocycles. The maximum absolute atomic E-state index is 12.1. The Morgan fingerprint density at radius 1 is 1.13 bits per heavy atom. The van der Waals surface area contributed by atoms with Crippen LogP contribution in [0, 0.1) is 16.0 Å². The number of anilines is 1. The summed E-state index contributed by atoms with van der Waals surface area (Å²) in [6.45, 7) is 2.74. The zero-order valence-corrected chi connectivity index (χ0v) is 17.3. The van der Waals surface area contributed by atoms with Crippen molar-refractivity contribution in [2.75, 3.05) is 18.4 Å². The molecule has 31 heavy (non-hydrogen) atoms. The van der Waals surface area contributed by atoms with Gasteiger partial charge in [-0.2, -0.15) is 0 Å². The second-order valence-corrected chi connectivity index (χ2v) is 8.71. The van der Waals surface area contributed by atoms with Gasteiger partial charge in [-0.1, -0.05) is 24.3 Å². The molecule has 0 radical (unpaired) electrons. The monoisotopic (exact) mass is 418 g/mol. The molecule has 1 saturated heterocycles. The summed E-state index contributed by atoms with van der Waals surface area (Å²) in [4.78, 5) is 28.5. The van der Waals surface area contributed by atoms with Gasteiger partial charge >= 0.3 is 0 Å². The van der Waals surface area contributed by atoms with E-state index < -0.39 is 0 Å². The summed E-state index contributed by atoms with van der Waals surface area (Å²) in [6, 6.07) is 13.5. The molecule has 7 nitrogen and oxygen atoms in total. The van der Waals surface area contributed by atoms with Crippen molar-refractivity contribution in [1.82, 2.24) is 9.88 Å². The van der Waals surface area contributed by atoms with E-state index in [0.717, 1.165) is 62.0 Å². The van der Waals surface area contributed by atoms with Crippen LogP contribution < -0.4 is 5.32 Å². The van der Waals surface area contributed by atoms with Crippen molar-refractivity contribution >= 4 is 28.2 Å². The molecule has 160 valence electrons. The van der Waals surface area contributed by atoms with Crippen molar-refractivity contribution < 1.29 is 9.72 Å². The molecule has 1 saturated carbocycles. The highest BCUT2D eigenvalue weighted by Crippen LogP contribution is 2.33. The number of benzene rings is 2. The highest BCUT2D eigenvalue weighted by Gasteiger charge is 2.29. The van der Waals surface area contributed by atoms with Gasteiger partial charge in [0.15, 0.2) is 0 Å². The van der Waals surface area contributed by atoms with E-state index >= 15 is 0 Å². The summed E-state index contributed by atoms with van der Waals surface area (Å²) >= 11 is 0. The lowest BCUT2D eigenvalue weighted by molar-refractivity contribution is -0.383. The molecule has 2 aromatic carbocycles. The van der Waals surface area contributed by atoms with Crippen molar-refractivity contribution in [3.8, 4) is 0 Å². The highest BCUT2D eigenvalue weighted by molar-refractivity contribution is 5.94. The molecule has 0 spiro atoms. The molecule has 1 aromatic heterocycles. The first-order valence-corrected chi connectivity index (χ1v) is 10.9. The summed E-state index contributed by atoms with van der Waals surface area (Å²) in [7, 11) is 0. The molecule has 1 amide bonds. The number of fused-ring (bicyclic) bond motifs is 1. The van der Waals surface area contributed by atoms with Crippen LogP contribution in [0.1, 0.15) is 42.7 Å². The second kappa shape index (κ2) is 8.15. The number of hydrogen-bond acceptors (Lipinski definition) is 4. The number of piperidine rings is 1. The second-order valence-electron chi connectivity index (χ2n) is 8.71. The molecule has 2 aliphatic rings. The lowest BCUT2D eigenvalue weighted by Gasteiger charge is -2.32. The number of nitro groups is 1. The third-order valence-electron chi connectivity index (χ3n) is 6.53. The molecule has 5 rings (SSSR count). The molecule has 2 heterocycles. The fourth-order valence-electron chi connectivity index (χ4n) is 4.60. The molecular formula is C24H26N4O3. The number of non-ortho nitro benzene ring substituents is 1. The fourth-order valence-corrected chi connectivity index (χ4v) is 4.60. The minimum atomic E-state index is -0.338. The van der Waals surface area contributed by atoms with Crippen LogP contribution in [-0.2, 0) is 11.3 Å². The first-order valence-electron chi connectivity index (χ1n) is 10.9. The Morgan fingerprint density at radius 3 is 2.65 bits per heavy atom. The van der Waals surface area contributed by atoms with Crippen LogP contribution in [0.4, 0.5) is 11.4 Å². The predicted molar refractivity (Wildman–Crippen MR) is 120 cm³/mol. The van der Waals surface area contributed by atoms with Gasteiger partial charge in [0.05, 0.1) is 4.92 Å². The van der Waals surface area contributed by atoms with Gasteiger partial charge in [-0.25, -0.2) is 0 Å². The van der Waals surface area contributed by atoms with Crippen LogP contribution in [0.25, 0.3) is 10.9 Å². The quantitative estimate of drug-likeness (QED) is 0.444. The van der Waals surface area contributed by atoms with E-state index in [4.69, 9.17) is 0 Å². The minimum Gasteiger partial charge on any atom is -0.355 e. The number of amides is 1. The maximum Gasteiger partial charge on any atom is 0.293 e. The standard InChI is InChI=1S/C24H26N4O3/c29-24(17-7-8-17)26-20-4-1-3-18(13-20)16-9-11-27(12-10-16)15-19-14-25-23-21(19)5-2-6-22(23)28(30)31/h1-6,13-14,16-17,25H,7-12,15H2,(H,26,29). The molecule has 2 fully saturated rings. The first-order chi connectivity index (χ1) is 15.1. The van der Waals surface area contributed by atoms with Crippen LogP contribution in [0.5, 0.6) is 0 Å². The van der Waals surface area contributed by atoms with E-state index in [1.807, 2.05) is 24.4 Å². The Kier molecular flexibility index (Phi) is 5.19. The van der Waals surface area contributed by atoms with Crippen LogP contribution in [0.3, 0.4) is 0 Å². The maximum atomic E-state index is 12.1. The number of nitrogens with one attached hydrogen (secondary N) is 2. The largest absolute Gasteiger partial charge is 0.355 e. The van der Waals surface area contributed by atoms with E-state index in [1.165, 1.54) is 11.6 Å². The Bertz CT molecular complexity index is 1130. The normalized spacial score (nSPS) is 17.7. The zero-order chi connectivity index (χ0) is 21.4. The van der Waals surface area contributed by atoms with Crippen LogP contribution in [0.2, 0.25) is 0 Å². The highest BCUT2D eigenvalue weighted by atomic mass is 16.6. The lowest BCUT2D eigenvalue weighted by atomic mass is 9.89. The van der Waals surface area contributed by atoms with Crippen LogP contribution in [-0.4, -0.2) is 33.8 Å². The Labute approximate surface area is 180 Å². The molecular weight excluding hydrogens is 392 g/mol. The van der Waals surface area contributed by atoms with Gasteiger partial charge in [0.1, 0.15) is 5.52 Å². The number of para-hydroxylation sites is 1. The fraction of sp³-hybridized carbons (Fsp3) is 0.375. The number of aromatic amines is 1. The number of aromatic nitrogens is 1. The first kappa shape index (κ1) is 19.8. The summed E-state index contributed by atoms with van der Waals surface area (Å²) in [6.07, 6.45) is 6.03. The van der Waals surface area contributed by atoms with Gasteiger partial charge in [-0.3, -0.25) is 19.8 Å². The van der Waals surface area contributed by atoms with Crippen LogP contribution >= 0.6 is 0 Å². The summed E-state index contributed by atoms with van der Waals surface area (Å²) in [5, 5.41) is 15.2. The minimum absolute atomic E-state index is 0.121. The zero-order valence-electron chi connectivity index (χ0n) is 17.3. The van der Waals surface area contributed by atoms with Crippen molar-refractivity contribution in [3.05, 3.63) is 69.9 Å². The number of rotatable bonds is 6. The van der Waals surface area contributed by atoms with Gasteiger partial charge in [-0.15, -0.1) is 0 Å². The van der Waals surface area contributed by atoms with Crippen molar-refractivity contribution in [3.63, 3.8) is 0 Å². The smallest absolute Gasteiger partial charge is 0.293 e. The third kappa shape index (κ3) is 4.18. The number of carbonyl (C=O) groups is 1. The van der Waals surface area contributed by atoms with Gasteiger partial charge in [-0.05, 0) is 68.0 Å². The number of nitro benzene ring substituents is 1. The molecule has 2 N–H and O–H groups in total. The number of hydrogen-bond donors (Lipinski definition) is 2. The molecule has 7 heteroatoms.